The number of halogens is 2. The first-order valence-corrected chi connectivity index (χ1v) is 9.24. The normalized spacial score (nSPS) is 12.0. The summed E-state index contributed by atoms with van der Waals surface area (Å²) in [5.41, 5.74) is 1.18. The molecule has 0 saturated carbocycles. The fourth-order valence-corrected chi connectivity index (χ4v) is 3.28. The summed E-state index contributed by atoms with van der Waals surface area (Å²) in [5.74, 6) is -1.54. The van der Waals surface area contributed by atoms with Crippen LogP contribution < -0.4 is 11.0 Å². The van der Waals surface area contributed by atoms with Gasteiger partial charge in [0.05, 0.1) is 11.9 Å². The molecule has 27 heavy (non-hydrogen) atoms. The quantitative estimate of drug-likeness (QED) is 0.489. The Kier molecular flexibility index (Phi) is 5.64. The maximum Gasteiger partial charge on any atom is 0.329 e. The van der Waals surface area contributed by atoms with E-state index in [1.807, 2.05) is 53.8 Å². The number of hydrogen-bond acceptors (Lipinski definition) is 3. The molecule has 2 aromatic carbocycles. The summed E-state index contributed by atoms with van der Waals surface area (Å²) in [6.45, 7) is 1.89. The molecule has 0 bridgehead atoms. The number of anilines is 1. The van der Waals surface area contributed by atoms with Gasteiger partial charge in [-0.1, -0.05) is 24.3 Å². The van der Waals surface area contributed by atoms with Crippen molar-refractivity contribution in [1.82, 2.24) is 9.55 Å². The lowest BCUT2D eigenvalue weighted by molar-refractivity contribution is -0.119. The van der Waals surface area contributed by atoms with Crippen molar-refractivity contribution in [1.29, 1.82) is 0 Å². The van der Waals surface area contributed by atoms with Gasteiger partial charge in [-0.15, -0.1) is 0 Å². The molecule has 3 rings (SSSR count). The van der Waals surface area contributed by atoms with Crippen molar-refractivity contribution in [3.05, 3.63) is 79.7 Å². The van der Waals surface area contributed by atoms with Crippen molar-refractivity contribution in [2.24, 2.45) is 0 Å². The molecule has 3 aromatic rings. The number of carbonyl (C=O) groups is 1. The summed E-state index contributed by atoms with van der Waals surface area (Å²) < 4.78 is 15.8. The highest BCUT2D eigenvalue weighted by Crippen LogP contribution is 2.23. The summed E-state index contributed by atoms with van der Waals surface area (Å²) in [7, 11) is 0. The van der Waals surface area contributed by atoms with E-state index in [1.165, 1.54) is 12.1 Å². The summed E-state index contributed by atoms with van der Waals surface area (Å²) in [6.07, 6.45) is 1.28. The summed E-state index contributed by atoms with van der Waals surface area (Å²) in [6, 6.07) is 10.8. The van der Waals surface area contributed by atoms with E-state index in [0.717, 1.165) is 21.9 Å². The highest BCUT2D eigenvalue weighted by atomic mass is 127. The largest absolute Gasteiger partial charge is 0.493 e. The minimum Gasteiger partial charge on any atom is -0.493 e. The fraction of sp³-hybridized carbons (Fsp3) is 0.158. The number of rotatable bonds is 5. The number of imidazole rings is 1. The van der Waals surface area contributed by atoms with Crippen molar-refractivity contribution < 1.29 is 14.3 Å². The number of H-pyrrole nitrogens is 1. The van der Waals surface area contributed by atoms with E-state index < -0.39 is 23.5 Å². The van der Waals surface area contributed by atoms with E-state index in [0.29, 0.717) is 3.57 Å². The van der Waals surface area contributed by atoms with E-state index in [9.17, 15) is 19.1 Å². The Morgan fingerprint density at radius 1 is 1.33 bits per heavy atom. The first-order valence-electron chi connectivity index (χ1n) is 8.16. The number of carbonyl (C=O) groups excluding carboxylic acids is 1. The van der Waals surface area contributed by atoms with Crippen molar-refractivity contribution in [3.63, 3.8) is 0 Å². The molecule has 1 heterocycles. The number of hydrogen-bond donors (Lipinski definition) is 3. The Balaban J connectivity index is 1.97. The minimum absolute atomic E-state index is 0.0123. The fourth-order valence-electron chi connectivity index (χ4n) is 2.83. The molecular weight excluding hydrogens is 464 g/mol. The van der Waals surface area contributed by atoms with E-state index in [-0.39, 0.29) is 18.0 Å². The second kappa shape index (κ2) is 7.95. The molecule has 1 aromatic heterocycles. The predicted molar refractivity (Wildman–Crippen MR) is 108 cm³/mol. The lowest BCUT2D eigenvalue weighted by Gasteiger charge is -2.19. The van der Waals surface area contributed by atoms with Crippen LogP contribution in [0.4, 0.5) is 10.1 Å². The minimum atomic E-state index is -1.05. The summed E-state index contributed by atoms with van der Waals surface area (Å²) in [5, 5.41) is 12.5. The molecule has 140 valence electrons. The molecule has 3 N–H and O–H groups in total. The molecule has 0 aliphatic rings. The van der Waals surface area contributed by atoms with Crippen LogP contribution in [0.2, 0.25) is 0 Å². The van der Waals surface area contributed by atoms with E-state index >= 15 is 0 Å². The molecule has 0 saturated heterocycles. The Labute approximate surface area is 168 Å². The van der Waals surface area contributed by atoms with Gasteiger partial charge in [0, 0.05) is 9.99 Å². The lowest BCUT2D eigenvalue weighted by atomic mass is 10.0. The molecular formula is C19H17FIN3O3. The first kappa shape index (κ1) is 19.2. The summed E-state index contributed by atoms with van der Waals surface area (Å²) >= 11 is 1.97. The van der Waals surface area contributed by atoms with Gasteiger partial charge in [0.2, 0.25) is 11.8 Å². The smallest absolute Gasteiger partial charge is 0.329 e. The van der Waals surface area contributed by atoms with Gasteiger partial charge in [0.1, 0.15) is 11.9 Å². The molecule has 0 radical (unpaired) electrons. The molecule has 0 aliphatic carbocycles. The lowest BCUT2D eigenvalue weighted by Crippen LogP contribution is -2.33. The predicted octanol–water partition coefficient (Wildman–Crippen LogP) is 3.36. The van der Waals surface area contributed by atoms with Gasteiger partial charge < -0.3 is 15.4 Å². The molecule has 0 fully saturated rings. The van der Waals surface area contributed by atoms with Gasteiger partial charge in [-0.2, -0.15) is 0 Å². The van der Waals surface area contributed by atoms with E-state index in [1.54, 1.807) is 6.07 Å². The van der Waals surface area contributed by atoms with Crippen LogP contribution in [0, 0.1) is 16.3 Å². The van der Waals surface area contributed by atoms with Crippen molar-refractivity contribution in [2.45, 2.75) is 19.4 Å². The number of aromatic hydroxyl groups is 1. The third-order valence-electron chi connectivity index (χ3n) is 4.27. The highest BCUT2D eigenvalue weighted by molar-refractivity contribution is 14.1. The van der Waals surface area contributed by atoms with Gasteiger partial charge in [-0.05, 0) is 58.8 Å². The standard InChI is InChI=1S/C19H17FIN3O3/c1-11-4-2-3-5-12(11)8-16(24-17(25)10-22-19(24)27)18(26)23-15-7-6-13(21)9-14(15)20/h2-7,9-10,16,25H,8H2,1H3,(H,22,27)(H,23,26)/t16-/m0/s1. The van der Waals surface area contributed by atoms with Gasteiger partial charge in [-0.25, -0.2) is 9.18 Å². The van der Waals surface area contributed by atoms with E-state index in [4.69, 9.17) is 0 Å². The maximum absolute atomic E-state index is 14.1. The van der Waals surface area contributed by atoms with Crippen LogP contribution in [0.5, 0.6) is 5.88 Å². The zero-order valence-corrected chi connectivity index (χ0v) is 16.5. The Bertz CT molecular complexity index is 1040. The third kappa shape index (κ3) is 4.21. The second-order valence-corrected chi connectivity index (χ2v) is 7.33. The second-order valence-electron chi connectivity index (χ2n) is 6.08. The first-order chi connectivity index (χ1) is 12.9. The van der Waals surface area contributed by atoms with Gasteiger partial charge in [0.15, 0.2) is 0 Å². The van der Waals surface area contributed by atoms with Crippen LogP contribution in [0.1, 0.15) is 17.2 Å². The third-order valence-corrected chi connectivity index (χ3v) is 4.94. The molecule has 1 amide bonds. The van der Waals surface area contributed by atoms with Crippen molar-refractivity contribution in [3.8, 4) is 5.88 Å². The number of aromatic nitrogens is 2. The monoisotopic (exact) mass is 481 g/mol. The van der Waals surface area contributed by atoms with Gasteiger partial charge >= 0.3 is 5.69 Å². The maximum atomic E-state index is 14.1. The highest BCUT2D eigenvalue weighted by Gasteiger charge is 2.26. The molecule has 6 nitrogen and oxygen atoms in total. The number of nitrogens with zero attached hydrogens (tertiary/aromatic N) is 1. The molecule has 0 unspecified atom stereocenters. The number of benzene rings is 2. The van der Waals surface area contributed by atoms with Crippen LogP contribution >= 0.6 is 22.6 Å². The van der Waals surface area contributed by atoms with Crippen LogP contribution in [0.15, 0.2) is 53.5 Å². The SMILES string of the molecule is Cc1ccccc1C[C@@H](C(=O)Nc1ccc(I)cc1F)n1c(O)c[nH]c1=O. The van der Waals surface area contributed by atoms with E-state index in [2.05, 4.69) is 10.3 Å². The average Bonchev–Trinajstić information content (AvgIpc) is 2.95. The number of aryl methyl sites for hydroxylation is 1. The Morgan fingerprint density at radius 3 is 2.70 bits per heavy atom. The van der Waals surface area contributed by atoms with Crippen molar-refractivity contribution in [2.75, 3.05) is 5.32 Å². The number of amides is 1. The Hall–Kier alpha value is -2.62. The van der Waals surface area contributed by atoms with Gasteiger partial charge in [-0.3, -0.25) is 9.36 Å². The Morgan fingerprint density at radius 2 is 2.07 bits per heavy atom. The van der Waals surface area contributed by atoms with Crippen LogP contribution in [-0.4, -0.2) is 20.6 Å². The molecule has 1 atom stereocenters. The molecule has 0 aliphatic heterocycles. The van der Waals surface area contributed by atoms with Crippen LogP contribution in [0.3, 0.4) is 0 Å². The topological polar surface area (TPSA) is 87.1 Å². The van der Waals surface area contributed by atoms with Crippen LogP contribution in [0.25, 0.3) is 0 Å². The average molecular weight is 481 g/mol. The van der Waals surface area contributed by atoms with Crippen LogP contribution in [-0.2, 0) is 11.2 Å². The summed E-state index contributed by atoms with van der Waals surface area (Å²) in [4.78, 5) is 27.4. The number of aromatic amines is 1. The zero-order chi connectivity index (χ0) is 19.6. The zero-order valence-electron chi connectivity index (χ0n) is 14.4. The van der Waals surface area contributed by atoms with Crippen molar-refractivity contribution >= 4 is 34.2 Å². The molecule has 0 spiro atoms. The molecule has 8 heteroatoms. The number of nitrogens with one attached hydrogen (secondary N) is 2. The van der Waals surface area contributed by atoms with Gasteiger partial charge in [0.25, 0.3) is 0 Å².